The summed E-state index contributed by atoms with van der Waals surface area (Å²) in [6, 6.07) is 3.62. The van der Waals surface area contributed by atoms with Gasteiger partial charge in [-0.25, -0.2) is 9.78 Å². The number of pyridine rings is 1. The fourth-order valence-electron chi connectivity index (χ4n) is 2.78. The summed E-state index contributed by atoms with van der Waals surface area (Å²) in [7, 11) is 0. The average Bonchev–Trinajstić information content (AvgIpc) is 2.38. The van der Waals surface area contributed by atoms with Crippen molar-refractivity contribution in [1.29, 1.82) is 0 Å². The van der Waals surface area contributed by atoms with Crippen molar-refractivity contribution in [2.75, 3.05) is 11.9 Å². The summed E-state index contributed by atoms with van der Waals surface area (Å²) in [5.74, 6) is 0.336. The molecule has 0 unspecified atom stereocenters. The first-order chi connectivity index (χ1) is 9.15. The van der Waals surface area contributed by atoms with Crippen molar-refractivity contribution in [1.82, 2.24) is 9.88 Å². The number of anilines is 1. The number of esters is 1. The van der Waals surface area contributed by atoms with E-state index in [1.807, 2.05) is 12.1 Å². The van der Waals surface area contributed by atoms with Gasteiger partial charge in [-0.2, -0.15) is 0 Å². The number of carbonyl (C=O) groups excluding carboxylic acids is 2. The molecule has 3 heterocycles. The van der Waals surface area contributed by atoms with E-state index < -0.39 is 0 Å². The molecule has 1 aromatic heterocycles. The maximum atomic E-state index is 12.0. The molecule has 2 aliphatic heterocycles. The van der Waals surface area contributed by atoms with Crippen molar-refractivity contribution < 1.29 is 14.3 Å². The zero-order valence-corrected chi connectivity index (χ0v) is 10.6. The first-order valence-corrected chi connectivity index (χ1v) is 6.35. The molecule has 0 spiro atoms. The summed E-state index contributed by atoms with van der Waals surface area (Å²) in [6.07, 6.45) is 2.84. The highest BCUT2D eigenvalue weighted by Crippen LogP contribution is 2.38. The van der Waals surface area contributed by atoms with Crippen molar-refractivity contribution in [3.63, 3.8) is 0 Å². The molecular formula is C13H15N3O3. The number of piperidine rings is 1. The Bertz CT molecular complexity index is 532. The highest BCUT2D eigenvalue weighted by atomic mass is 16.5. The zero-order valence-electron chi connectivity index (χ0n) is 10.6. The van der Waals surface area contributed by atoms with E-state index >= 15 is 0 Å². The molecule has 1 fully saturated rings. The molecule has 0 aliphatic carbocycles. The van der Waals surface area contributed by atoms with Crippen molar-refractivity contribution in [2.45, 2.75) is 31.9 Å². The molecule has 100 valence electrons. The minimum absolute atomic E-state index is 0.0597. The first kappa shape index (κ1) is 12.0. The number of amides is 2. The van der Waals surface area contributed by atoms with Crippen LogP contribution in [0.3, 0.4) is 0 Å². The van der Waals surface area contributed by atoms with Crippen LogP contribution in [-0.2, 0) is 9.53 Å². The molecule has 6 nitrogen and oxygen atoms in total. The van der Waals surface area contributed by atoms with Gasteiger partial charge in [0.25, 0.3) is 0 Å². The number of hydrogen-bond acceptors (Lipinski definition) is 4. The van der Waals surface area contributed by atoms with Gasteiger partial charge >= 0.3 is 12.0 Å². The van der Waals surface area contributed by atoms with Gasteiger partial charge in [-0.3, -0.25) is 10.1 Å². The number of carbonyl (C=O) groups is 2. The zero-order chi connectivity index (χ0) is 13.4. The molecule has 1 N–H and O–H groups in total. The molecular weight excluding hydrogens is 246 g/mol. The summed E-state index contributed by atoms with van der Waals surface area (Å²) in [4.78, 5) is 29.0. The standard InChI is InChI=1S/C13H15N3O3/c1-8(17)19-9-4-6-16-11(7-9)10-3-2-5-14-12(10)15-13(16)18/h2-3,5,9,11H,4,6-7H2,1H3,(H,14,15,18)/t9-,11+/m1/s1. The molecule has 1 aromatic rings. The molecule has 2 amide bonds. The average molecular weight is 261 g/mol. The third kappa shape index (κ3) is 2.14. The monoisotopic (exact) mass is 261 g/mol. The quantitative estimate of drug-likeness (QED) is 0.781. The molecule has 2 atom stereocenters. The van der Waals surface area contributed by atoms with Crippen LogP contribution in [0.15, 0.2) is 18.3 Å². The lowest BCUT2D eigenvalue weighted by Gasteiger charge is -2.42. The van der Waals surface area contributed by atoms with Gasteiger partial charge in [-0.15, -0.1) is 0 Å². The lowest BCUT2D eigenvalue weighted by Crippen LogP contribution is -2.48. The molecule has 0 saturated carbocycles. The molecule has 0 aromatic carbocycles. The molecule has 6 heteroatoms. The van der Waals surface area contributed by atoms with Crippen LogP contribution in [0.25, 0.3) is 0 Å². The number of hydrogen-bond donors (Lipinski definition) is 1. The number of aromatic nitrogens is 1. The Morgan fingerprint density at radius 1 is 1.58 bits per heavy atom. The van der Waals surface area contributed by atoms with Gasteiger partial charge in [0.1, 0.15) is 11.9 Å². The van der Waals surface area contributed by atoms with Crippen LogP contribution in [0.2, 0.25) is 0 Å². The minimum atomic E-state index is -0.273. The molecule has 0 bridgehead atoms. The number of nitrogens with one attached hydrogen (secondary N) is 1. The predicted molar refractivity (Wildman–Crippen MR) is 67.5 cm³/mol. The molecule has 3 rings (SSSR count). The smallest absolute Gasteiger partial charge is 0.323 e. The number of urea groups is 1. The Morgan fingerprint density at radius 3 is 3.21 bits per heavy atom. The molecule has 0 radical (unpaired) electrons. The van der Waals surface area contributed by atoms with Gasteiger partial charge in [-0.1, -0.05) is 6.07 Å². The fourth-order valence-corrected chi connectivity index (χ4v) is 2.78. The van der Waals surface area contributed by atoms with Crippen LogP contribution < -0.4 is 5.32 Å². The van der Waals surface area contributed by atoms with E-state index in [1.165, 1.54) is 6.92 Å². The van der Waals surface area contributed by atoms with Crippen LogP contribution >= 0.6 is 0 Å². The largest absolute Gasteiger partial charge is 0.462 e. The Hall–Kier alpha value is -2.11. The van der Waals surface area contributed by atoms with E-state index in [2.05, 4.69) is 10.3 Å². The van der Waals surface area contributed by atoms with Gasteiger partial charge in [0.05, 0.1) is 6.04 Å². The highest BCUT2D eigenvalue weighted by molar-refractivity contribution is 5.91. The summed E-state index contributed by atoms with van der Waals surface area (Å²) >= 11 is 0. The maximum Gasteiger partial charge on any atom is 0.323 e. The Labute approximate surface area is 110 Å². The normalized spacial score (nSPS) is 25.1. The predicted octanol–water partition coefficient (Wildman–Crippen LogP) is 1.70. The number of ether oxygens (including phenoxy) is 1. The van der Waals surface area contributed by atoms with Crippen LogP contribution in [0.5, 0.6) is 0 Å². The van der Waals surface area contributed by atoms with E-state index in [9.17, 15) is 9.59 Å². The van der Waals surface area contributed by atoms with Gasteiger partial charge < -0.3 is 9.64 Å². The number of rotatable bonds is 1. The number of fused-ring (bicyclic) bond motifs is 3. The van der Waals surface area contributed by atoms with Crippen LogP contribution in [-0.4, -0.2) is 34.5 Å². The molecule has 2 aliphatic rings. The lowest BCUT2D eigenvalue weighted by molar-refractivity contribution is -0.149. The van der Waals surface area contributed by atoms with Crippen molar-refractivity contribution in [3.8, 4) is 0 Å². The van der Waals surface area contributed by atoms with Crippen LogP contribution in [0, 0.1) is 0 Å². The topological polar surface area (TPSA) is 71.5 Å². The lowest BCUT2D eigenvalue weighted by atomic mass is 9.92. The van der Waals surface area contributed by atoms with E-state index in [0.717, 1.165) is 5.56 Å². The Balaban J connectivity index is 1.88. The third-order valence-corrected chi connectivity index (χ3v) is 3.57. The minimum Gasteiger partial charge on any atom is -0.462 e. The van der Waals surface area contributed by atoms with Crippen molar-refractivity contribution >= 4 is 17.8 Å². The van der Waals surface area contributed by atoms with Gasteiger partial charge in [-0.05, 0) is 6.07 Å². The SMILES string of the molecule is CC(=O)O[C@@H]1CCN2C(=O)Nc3ncccc3[C@@H]2C1. The van der Waals surface area contributed by atoms with Crippen LogP contribution in [0.4, 0.5) is 10.6 Å². The van der Waals surface area contributed by atoms with E-state index in [1.54, 1.807) is 11.1 Å². The van der Waals surface area contributed by atoms with E-state index in [-0.39, 0.29) is 24.1 Å². The molecule has 1 saturated heterocycles. The van der Waals surface area contributed by atoms with Gasteiger partial charge in [0.2, 0.25) is 0 Å². The second-order valence-electron chi connectivity index (χ2n) is 4.84. The second-order valence-corrected chi connectivity index (χ2v) is 4.84. The third-order valence-electron chi connectivity index (χ3n) is 3.57. The summed E-state index contributed by atoms with van der Waals surface area (Å²) in [6.45, 7) is 2.00. The Morgan fingerprint density at radius 2 is 2.42 bits per heavy atom. The maximum absolute atomic E-state index is 12.0. The number of nitrogens with zero attached hydrogens (tertiary/aromatic N) is 2. The van der Waals surface area contributed by atoms with Gasteiger partial charge in [0, 0.05) is 38.1 Å². The summed E-state index contributed by atoms with van der Waals surface area (Å²) < 4.78 is 5.27. The van der Waals surface area contributed by atoms with Gasteiger partial charge in [0.15, 0.2) is 0 Å². The van der Waals surface area contributed by atoms with E-state index in [0.29, 0.717) is 25.2 Å². The first-order valence-electron chi connectivity index (χ1n) is 6.35. The summed E-state index contributed by atoms with van der Waals surface area (Å²) in [5.41, 5.74) is 0.985. The van der Waals surface area contributed by atoms with Crippen molar-refractivity contribution in [2.24, 2.45) is 0 Å². The summed E-state index contributed by atoms with van der Waals surface area (Å²) in [5, 5.41) is 2.78. The molecule has 19 heavy (non-hydrogen) atoms. The highest BCUT2D eigenvalue weighted by Gasteiger charge is 2.38. The Kier molecular flexibility index (Phi) is 2.85. The van der Waals surface area contributed by atoms with Crippen molar-refractivity contribution in [3.05, 3.63) is 23.9 Å². The fraction of sp³-hybridized carbons (Fsp3) is 0.462. The second kappa shape index (κ2) is 4.53. The van der Waals surface area contributed by atoms with E-state index in [4.69, 9.17) is 4.74 Å². The van der Waals surface area contributed by atoms with Crippen LogP contribution in [0.1, 0.15) is 31.4 Å².